The number of hydrogen-bond acceptors (Lipinski definition) is 4. The summed E-state index contributed by atoms with van der Waals surface area (Å²) in [6.07, 6.45) is 1.10. The van der Waals surface area contributed by atoms with E-state index < -0.39 is 0 Å². The van der Waals surface area contributed by atoms with E-state index in [0.717, 1.165) is 34.7 Å². The highest BCUT2D eigenvalue weighted by atomic mass is 32.2. The summed E-state index contributed by atoms with van der Waals surface area (Å²) in [6, 6.07) is 6.27. The smallest absolute Gasteiger partial charge is 0.201 e. The summed E-state index contributed by atoms with van der Waals surface area (Å²) in [5, 5.41) is 0. The Labute approximate surface area is 118 Å². The molecule has 1 heterocycles. The fourth-order valence-electron chi connectivity index (χ4n) is 2.21. The largest absolute Gasteiger partial charge is 0.497 e. The molecule has 2 rings (SSSR count). The summed E-state index contributed by atoms with van der Waals surface area (Å²) in [4.78, 5) is 4.42. The number of nitrogen functional groups attached to an aromatic ring is 1. The van der Waals surface area contributed by atoms with Crippen molar-refractivity contribution in [2.75, 3.05) is 24.3 Å². The highest BCUT2D eigenvalue weighted by Crippen LogP contribution is 2.27. The lowest BCUT2D eigenvalue weighted by atomic mass is 10.2. The number of nitrogens with two attached hydrogens (primary N) is 1. The lowest BCUT2D eigenvalue weighted by Gasteiger charge is -2.15. The zero-order valence-electron chi connectivity index (χ0n) is 11.7. The summed E-state index contributed by atoms with van der Waals surface area (Å²) in [6.45, 7) is 4.38. The van der Waals surface area contributed by atoms with E-state index in [4.69, 9.17) is 10.5 Å². The van der Waals surface area contributed by atoms with Crippen molar-refractivity contribution >= 4 is 28.7 Å². The molecule has 0 bridgehead atoms. The van der Waals surface area contributed by atoms with Gasteiger partial charge in [-0.2, -0.15) is 11.8 Å². The van der Waals surface area contributed by atoms with Crippen molar-refractivity contribution in [3.05, 3.63) is 18.2 Å². The quantitative estimate of drug-likeness (QED) is 0.824. The van der Waals surface area contributed by atoms with Gasteiger partial charge in [0.15, 0.2) is 0 Å². The van der Waals surface area contributed by atoms with Gasteiger partial charge in [0, 0.05) is 12.1 Å². The Balaban J connectivity index is 2.29. The number of rotatable bonds is 6. The van der Waals surface area contributed by atoms with Gasteiger partial charge >= 0.3 is 0 Å². The summed E-state index contributed by atoms with van der Waals surface area (Å²) in [7, 11) is 1.66. The van der Waals surface area contributed by atoms with Crippen LogP contribution >= 0.6 is 11.8 Å². The highest BCUT2D eigenvalue weighted by Gasteiger charge is 2.14. The molecule has 1 atom stereocenters. The Kier molecular flexibility index (Phi) is 4.58. The summed E-state index contributed by atoms with van der Waals surface area (Å²) >= 11 is 1.96. The molecule has 0 amide bonds. The van der Waals surface area contributed by atoms with Gasteiger partial charge in [0.05, 0.1) is 18.1 Å². The SMILES string of the molecule is CCSCCC(C)n1c(N)nc2cc(OC)ccc21. The number of anilines is 1. The van der Waals surface area contributed by atoms with Gasteiger partial charge in [-0.1, -0.05) is 6.92 Å². The van der Waals surface area contributed by atoms with Gasteiger partial charge in [-0.3, -0.25) is 0 Å². The van der Waals surface area contributed by atoms with Crippen LogP contribution in [0.15, 0.2) is 18.2 Å². The summed E-state index contributed by atoms with van der Waals surface area (Å²) in [5.41, 5.74) is 8.03. The van der Waals surface area contributed by atoms with Crippen LogP contribution in [0.4, 0.5) is 5.95 Å². The van der Waals surface area contributed by atoms with Crippen LogP contribution in [0.3, 0.4) is 0 Å². The number of ether oxygens (including phenoxy) is 1. The van der Waals surface area contributed by atoms with Gasteiger partial charge in [0.1, 0.15) is 5.75 Å². The topological polar surface area (TPSA) is 53.1 Å². The van der Waals surface area contributed by atoms with Crippen molar-refractivity contribution in [2.45, 2.75) is 26.3 Å². The Morgan fingerprint density at radius 2 is 2.26 bits per heavy atom. The van der Waals surface area contributed by atoms with Crippen molar-refractivity contribution in [3.8, 4) is 5.75 Å². The first-order valence-corrected chi connectivity index (χ1v) is 7.72. The summed E-state index contributed by atoms with van der Waals surface area (Å²) in [5.74, 6) is 3.69. The maximum atomic E-state index is 6.05. The number of methoxy groups -OCH3 is 1. The van der Waals surface area contributed by atoms with Gasteiger partial charge in [0.2, 0.25) is 5.95 Å². The minimum Gasteiger partial charge on any atom is -0.497 e. The second kappa shape index (κ2) is 6.19. The fraction of sp³-hybridized carbons (Fsp3) is 0.500. The number of aromatic nitrogens is 2. The van der Waals surface area contributed by atoms with Crippen LogP contribution in [-0.4, -0.2) is 28.2 Å². The molecule has 2 aromatic rings. The maximum Gasteiger partial charge on any atom is 0.201 e. The third-order valence-corrected chi connectivity index (χ3v) is 4.18. The molecular formula is C14H21N3OS. The monoisotopic (exact) mass is 279 g/mol. The lowest BCUT2D eigenvalue weighted by Crippen LogP contribution is -2.09. The predicted molar refractivity (Wildman–Crippen MR) is 83.0 cm³/mol. The first-order valence-electron chi connectivity index (χ1n) is 6.56. The van der Waals surface area contributed by atoms with E-state index in [1.54, 1.807) is 7.11 Å². The maximum absolute atomic E-state index is 6.05. The minimum atomic E-state index is 0.359. The van der Waals surface area contributed by atoms with E-state index in [1.165, 1.54) is 0 Å². The molecule has 5 heteroatoms. The van der Waals surface area contributed by atoms with E-state index in [1.807, 2.05) is 30.0 Å². The molecule has 1 unspecified atom stereocenters. The fourth-order valence-corrected chi connectivity index (χ4v) is 3.01. The average molecular weight is 279 g/mol. The lowest BCUT2D eigenvalue weighted by molar-refractivity contribution is 0.415. The summed E-state index contributed by atoms with van der Waals surface area (Å²) < 4.78 is 7.33. The Bertz CT molecular complexity index is 553. The Morgan fingerprint density at radius 1 is 1.47 bits per heavy atom. The van der Waals surface area contributed by atoms with E-state index in [-0.39, 0.29) is 0 Å². The van der Waals surface area contributed by atoms with Crippen LogP contribution in [0.25, 0.3) is 11.0 Å². The van der Waals surface area contributed by atoms with Gasteiger partial charge in [-0.15, -0.1) is 0 Å². The molecule has 4 nitrogen and oxygen atoms in total. The molecule has 19 heavy (non-hydrogen) atoms. The second-order valence-electron chi connectivity index (χ2n) is 4.53. The van der Waals surface area contributed by atoms with Gasteiger partial charge in [-0.05, 0) is 37.0 Å². The number of fused-ring (bicyclic) bond motifs is 1. The highest BCUT2D eigenvalue weighted by molar-refractivity contribution is 7.99. The molecule has 0 saturated carbocycles. The number of benzene rings is 1. The van der Waals surface area contributed by atoms with Gasteiger partial charge in [0.25, 0.3) is 0 Å². The van der Waals surface area contributed by atoms with Crippen molar-refractivity contribution in [2.24, 2.45) is 0 Å². The minimum absolute atomic E-state index is 0.359. The van der Waals surface area contributed by atoms with Crippen LogP contribution in [0.2, 0.25) is 0 Å². The van der Waals surface area contributed by atoms with Gasteiger partial charge < -0.3 is 15.0 Å². The zero-order chi connectivity index (χ0) is 13.8. The molecule has 1 aromatic heterocycles. The molecule has 0 spiro atoms. The average Bonchev–Trinajstić information content (AvgIpc) is 2.73. The number of thioether (sulfide) groups is 1. The van der Waals surface area contributed by atoms with E-state index >= 15 is 0 Å². The molecule has 0 aliphatic rings. The predicted octanol–water partition coefficient (Wildman–Crippen LogP) is 3.33. The van der Waals surface area contributed by atoms with Crippen LogP contribution in [0.5, 0.6) is 5.75 Å². The number of nitrogens with zero attached hydrogens (tertiary/aromatic N) is 2. The molecule has 0 fully saturated rings. The number of hydrogen-bond donors (Lipinski definition) is 1. The van der Waals surface area contributed by atoms with Crippen molar-refractivity contribution in [1.82, 2.24) is 9.55 Å². The van der Waals surface area contributed by atoms with Crippen molar-refractivity contribution in [3.63, 3.8) is 0 Å². The molecular weight excluding hydrogens is 258 g/mol. The molecule has 0 aliphatic carbocycles. The van der Waals surface area contributed by atoms with Gasteiger partial charge in [-0.25, -0.2) is 4.98 Å². The van der Waals surface area contributed by atoms with Crippen LogP contribution in [0.1, 0.15) is 26.3 Å². The number of imidazole rings is 1. The first kappa shape index (κ1) is 14.1. The third kappa shape index (κ3) is 2.97. The van der Waals surface area contributed by atoms with E-state index in [9.17, 15) is 0 Å². The zero-order valence-corrected chi connectivity index (χ0v) is 12.5. The third-order valence-electron chi connectivity index (χ3n) is 3.25. The Hall–Kier alpha value is -1.36. The first-order chi connectivity index (χ1) is 9.17. The second-order valence-corrected chi connectivity index (χ2v) is 5.92. The normalized spacial score (nSPS) is 12.8. The van der Waals surface area contributed by atoms with Crippen molar-refractivity contribution in [1.29, 1.82) is 0 Å². The Morgan fingerprint density at radius 3 is 2.95 bits per heavy atom. The van der Waals surface area contributed by atoms with Crippen LogP contribution in [0, 0.1) is 0 Å². The molecule has 0 aliphatic heterocycles. The van der Waals surface area contributed by atoms with Crippen LogP contribution < -0.4 is 10.5 Å². The molecule has 0 radical (unpaired) electrons. The van der Waals surface area contributed by atoms with E-state index in [2.05, 4.69) is 23.4 Å². The molecule has 2 N–H and O–H groups in total. The van der Waals surface area contributed by atoms with Crippen LogP contribution in [-0.2, 0) is 0 Å². The molecule has 1 aromatic carbocycles. The standard InChI is InChI=1S/C14H21N3OS/c1-4-19-8-7-10(2)17-13-6-5-11(18-3)9-12(13)16-14(17)15/h5-6,9-10H,4,7-8H2,1-3H3,(H2,15,16). The molecule has 0 saturated heterocycles. The molecule has 104 valence electrons. The van der Waals surface area contributed by atoms with Crippen molar-refractivity contribution < 1.29 is 4.74 Å². The van der Waals surface area contributed by atoms with E-state index in [0.29, 0.717) is 12.0 Å².